The number of halogens is 1. The zero-order valence-electron chi connectivity index (χ0n) is 17.5. The quantitative estimate of drug-likeness (QED) is 0.597. The fourth-order valence-electron chi connectivity index (χ4n) is 4.28. The maximum absolute atomic E-state index is 14.7. The molecule has 2 unspecified atom stereocenters. The van der Waals surface area contributed by atoms with E-state index < -0.39 is 0 Å². The Hall–Kier alpha value is -2.47. The van der Waals surface area contributed by atoms with Crippen LogP contribution in [-0.4, -0.2) is 34.6 Å². The van der Waals surface area contributed by atoms with Crippen LogP contribution in [0.3, 0.4) is 0 Å². The van der Waals surface area contributed by atoms with E-state index in [4.69, 9.17) is 9.15 Å². The van der Waals surface area contributed by atoms with Crippen LogP contribution in [0.4, 0.5) is 4.39 Å². The van der Waals surface area contributed by atoms with Crippen LogP contribution in [0.25, 0.3) is 11.1 Å². The molecule has 1 saturated heterocycles. The molecule has 3 aromatic rings. The molecular weight excluding hydrogens is 369 g/mol. The van der Waals surface area contributed by atoms with E-state index in [0.29, 0.717) is 35.1 Å². The van der Waals surface area contributed by atoms with Gasteiger partial charge in [-0.25, -0.2) is 9.37 Å². The van der Waals surface area contributed by atoms with Gasteiger partial charge >= 0.3 is 0 Å². The van der Waals surface area contributed by atoms with Crippen molar-refractivity contribution in [3.63, 3.8) is 0 Å². The second kappa shape index (κ2) is 8.11. The standard InChI is InChI=1S/C23H28FN3O2/c1-14-8-19(9-15(2)25-14)28-13-18-6-5-7-27(12-18)16(3)20-10-22-23(11-21(20)24)29-17(4)26-22/h8-11,16,18H,5-7,12-13H2,1-4H3. The summed E-state index contributed by atoms with van der Waals surface area (Å²) in [5, 5.41) is 0. The van der Waals surface area contributed by atoms with E-state index in [2.05, 4.69) is 21.8 Å². The van der Waals surface area contributed by atoms with Crippen molar-refractivity contribution in [2.75, 3.05) is 19.7 Å². The summed E-state index contributed by atoms with van der Waals surface area (Å²) >= 11 is 0. The van der Waals surface area contributed by atoms with Crippen LogP contribution < -0.4 is 4.74 Å². The third-order valence-electron chi connectivity index (χ3n) is 5.70. The molecule has 2 atom stereocenters. The van der Waals surface area contributed by atoms with Crippen molar-refractivity contribution in [2.45, 2.75) is 46.6 Å². The molecular formula is C23H28FN3O2. The zero-order valence-corrected chi connectivity index (χ0v) is 17.5. The van der Waals surface area contributed by atoms with E-state index in [9.17, 15) is 4.39 Å². The highest BCUT2D eigenvalue weighted by Gasteiger charge is 2.27. The molecule has 1 aliphatic heterocycles. The minimum absolute atomic E-state index is 0.0235. The van der Waals surface area contributed by atoms with Gasteiger partial charge in [-0.2, -0.15) is 0 Å². The van der Waals surface area contributed by atoms with Crippen LogP contribution in [0.15, 0.2) is 28.7 Å². The van der Waals surface area contributed by atoms with Gasteiger partial charge in [0, 0.05) is 60.6 Å². The van der Waals surface area contributed by atoms with Crippen LogP contribution >= 0.6 is 0 Å². The molecule has 3 heterocycles. The number of benzene rings is 1. The molecule has 0 spiro atoms. The number of fused-ring (bicyclic) bond motifs is 1. The van der Waals surface area contributed by atoms with E-state index in [-0.39, 0.29) is 11.9 Å². The molecule has 4 rings (SSSR count). The lowest BCUT2D eigenvalue weighted by Gasteiger charge is -2.37. The van der Waals surface area contributed by atoms with Gasteiger partial charge in [-0.15, -0.1) is 0 Å². The summed E-state index contributed by atoms with van der Waals surface area (Å²) in [6.45, 7) is 10.3. The number of likely N-dealkylation sites (tertiary alicyclic amines) is 1. The number of aromatic nitrogens is 2. The lowest BCUT2D eigenvalue weighted by molar-refractivity contribution is 0.0994. The van der Waals surface area contributed by atoms with Gasteiger partial charge in [0.15, 0.2) is 11.5 Å². The number of hydrogen-bond acceptors (Lipinski definition) is 5. The molecule has 0 amide bonds. The summed E-state index contributed by atoms with van der Waals surface area (Å²) in [6.07, 6.45) is 2.20. The van der Waals surface area contributed by atoms with Gasteiger partial charge in [0.25, 0.3) is 0 Å². The van der Waals surface area contributed by atoms with Crippen LogP contribution in [0.1, 0.15) is 48.6 Å². The first-order chi connectivity index (χ1) is 13.9. The second-order valence-electron chi connectivity index (χ2n) is 8.15. The Labute approximate surface area is 170 Å². The van der Waals surface area contributed by atoms with Crippen molar-refractivity contribution in [1.82, 2.24) is 14.9 Å². The van der Waals surface area contributed by atoms with Crippen molar-refractivity contribution in [1.29, 1.82) is 0 Å². The number of pyridine rings is 1. The van der Waals surface area contributed by atoms with Gasteiger partial charge in [-0.05, 0) is 46.2 Å². The molecule has 0 bridgehead atoms. The molecule has 0 N–H and O–H groups in total. The highest BCUT2D eigenvalue weighted by molar-refractivity contribution is 5.73. The van der Waals surface area contributed by atoms with Crippen LogP contribution in [0.5, 0.6) is 5.75 Å². The highest BCUT2D eigenvalue weighted by Crippen LogP contribution is 2.31. The lowest BCUT2D eigenvalue weighted by Crippen LogP contribution is -2.39. The van der Waals surface area contributed by atoms with Crippen molar-refractivity contribution >= 4 is 11.1 Å². The van der Waals surface area contributed by atoms with E-state index in [1.165, 1.54) is 6.07 Å². The van der Waals surface area contributed by atoms with Gasteiger partial charge < -0.3 is 9.15 Å². The average Bonchev–Trinajstić information content (AvgIpc) is 3.03. The molecule has 2 aromatic heterocycles. The van der Waals surface area contributed by atoms with Gasteiger partial charge in [0.05, 0.1) is 6.61 Å². The summed E-state index contributed by atoms with van der Waals surface area (Å²) in [6, 6.07) is 7.21. The number of piperidine rings is 1. The molecule has 0 radical (unpaired) electrons. The largest absolute Gasteiger partial charge is 0.493 e. The van der Waals surface area contributed by atoms with E-state index in [1.54, 1.807) is 6.92 Å². The Morgan fingerprint density at radius 3 is 2.69 bits per heavy atom. The molecule has 154 valence electrons. The molecule has 1 fully saturated rings. The first kappa shape index (κ1) is 19.8. The number of hydrogen-bond donors (Lipinski definition) is 0. The van der Waals surface area contributed by atoms with Crippen LogP contribution in [0.2, 0.25) is 0 Å². The average molecular weight is 397 g/mol. The van der Waals surface area contributed by atoms with E-state index in [0.717, 1.165) is 43.1 Å². The monoisotopic (exact) mass is 397 g/mol. The fraction of sp³-hybridized carbons (Fsp3) is 0.478. The van der Waals surface area contributed by atoms with Gasteiger partial charge in [-0.1, -0.05) is 0 Å². The Morgan fingerprint density at radius 1 is 1.17 bits per heavy atom. The predicted octanol–water partition coefficient (Wildman–Crippen LogP) is 5.14. The smallest absolute Gasteiger partial charge is 0.192 e. The first-order valence-corrected chi connectivity index (χ1v) is 10.3. The van der Waals surface area contributed by atoms with Crippen LogP contribution in [-0.2, 0) is 0 Å². The third-order valence-corrected chi connectivity index (χ3v) is 5.70. The second-order valence-corrected chi connectivity index (χ2v) is 8.15. The normalized spacial score (nSPS) is 18.9. The Kier molecular flexibility index (Phi) is 5.54. The zero-order chi connectivity index (χ0) is 20.5. The predicted molar refractivity (Wildman–Crippen MR) is 111 cm³/mol. The molecule has 5 nitrogen and oxygen atoms in total. The van der Waals surface area contributed by atoms with E-state index in [1.807, 2.05) is 32.0 Å². The summed E-state index contributed by atoms with van der Waals surface area (Å²) in [7, 11) is 0. The highest BCUT2D eigenvalue weighted by atomic mass is 19.1. The van der Waals surface area contributed by atoms with Crippen molar-refractivity contribution in [3.05, 3.63) is 52.9 Å². The number of oxazole rings is 1. The first-order valence-electron chi connectivity index (χ1n) is 10.3. The summed E-state index contributed by atoms with van der Waals surface area (Å²) in [4.78, 5) is 11.1. The Balaban J connectivity index is 1.44. The van der Waals surface area contributed by atoms with Crippen molar-refractivity contribution in [3.8, 4) is 5.75 Å². The number of ether oxygens (including phenoxy) is 1. The van der Waals surface area contributed by atoms with Gasteiger partial charge in [0.2, 0.25) is 0 Å². The minimum Gasteiger partial charge on any atom is -0.493 e. The number of rotatable bonds is 5. The lowest BCUT2D eigenvalue weighted by atomic mass is 9.95. The van der Waals surface area contributed by atoms with Crippen LogP contribution in [0, 0.1) is 32.5 Å². The van der Waals surface area contributed by atoms with Crippen molar-refractivity contribution in [2.24, 2.45) is 5.92 Å². The van der Waals surface area contributed by atoms with E-state index >= 15 is 0 Å². The summed E-state index contributed by atoms with van der Waals surface area (Å²) in [5.41, 5.74) is 3.82. The SMILES string of the molecule is Cc1cc(OCC2CCCN(C(C)c3cc4nc(C)oc4cc3F)C2)cc(C)n1. The third kappa shape index (κ3) is 4.42. The summed E-state index contributed by atoms with van der Waals surface area (Å²) < 4.78 is 26.2. The molecule has 29 heavy (non-hydrogen) atoms. The maximum atomic E-state index is 14.7. The number of nitrogens with zero attached hydrogens (tertiary/aromatic N) is 3. The minimum atomic E-state index is -0.234. The topological polar surface area (TPSA) is 51.4 Å². The number of aryl methyl sites for hydroxylation is 3. The molecule has 0 saturated carbocycles. The summed E-state index contributed by atoms with van der Waals surface area (Å²) in [5.74, 6) is 1.61. The Bertz CT molecular complexity index is 997. The fourth-order valence-corrected chi connectivity index (χ4v) is 4.28. The molecule has 0 aliphatic carbocycles. The Morgan fingerprint density at radius 2 is 1.93 bits per heavy atom. The van der Waals surface area contributed by atoms with Gasteiger partial charge in [-0.3, -0.25) is 9.88 Å². The maximum Gasteiger partial charge on any atom is 0.192 e. The molecule has 6 heteroatoms. The van der Waals surface area contributed by atoms with Gasteiger partial charge in [0.1, 0.15) is 17.1 Å². The van der Waals surface area contributed by atoms with Crippen molar-refractivity contribution < 1.29 is 13.5 Å². The molecule has 1 aromatic carbocycles. The molecule has 1 aliphatic rings.